The van der Waals surface area contributed by atoms with Crippen molar-refractivity contribution in [3.63, 3.8) is 0 Å². The van der Waals surface area contributed by atoms with Gasteiger partial charge in [0.15, 0.2) is 0 Å². The Bertz CT molecular complexity index is 993. The molecule has 0 saturated carbocycles. The topological polar surface area (TPSA) is 121 Å². The molecule has 0 aliphatic carbocycles. The summed E-state index contributed by atoms with van der Waals surface area (Å²) in [6, 6.07) is 0. The maximum Gasteiger partial charge on any atom is 0.320 e. The van der Waals surface area contributed by atoms with Gasteiger partial charge in [-0.15, -0.1) is 0 Å². The van der Waals surface area contributed by atoms with Gasteiger partial charge in [-0.1, -0.05) is 28.0 Å². The van der Waals surface area contributed by atoms with Gasteiger partial charge in [-0.25, -0.2) is 0 Å². The number of rotatable bonds is 13. The number of esters is 3. The van der Waals surface area contributed by atoms with Gasteiger partial charge in [-0.3, -0.25) is 38.8 Å². The van der Waals surface area contributed by atoms with Crippen LogP contribution in [0.1, 0.15) is 94.4 Å². The molecular formula is C35H65N5O7S2. The van der Waals surface area contributed by atoms with E-state index in [1.165, 1.54) is 12.2 Å². The molecule has 2 aliphatic rings. The Morgan fingerprint density at radius 3 is 1.35 bits per heavy atom. The minimum absolute atomic E-state index is 0.0357. The molecule has 14 heteroatoms. The molecule has 49 heavy (non-hydrogen) atoms. The third kappa shape index (κ3) is 22.1. The molecule has 0 bridgehead atoms. The predicted molar refractivity (Wildman–Crippen MR) is 198 cm³/mol. The standard InChI is InChI=1S/C35H65N5O7S2/c1-33(2,3)45-30(42)24-37-15-17-38(25-31(43)46-34(4,5)6)19-21-40(22-20-39(18-16-37)26-32(44)47-35(7,8)9)27-36-29(41)13-11-10-12-28-14-23-48-49-28/h28H,10-27H2,1-9H3,(H,36,41). The number of nitrogens with zero attached hydrogens (tertiary/aromatic N) is 4. The number of unbranched alkanes of at least 4 members (excludes halogenated alkanes) is 1. The fourth-order valence-electron chi connectivity index (χ4n) is 5.39. The van der Waals surface area contributed by atoms with Crippen molar-refractivity contribution in [3.8, 4) is 0 Å². The van der Waals surface area contributed by atoms with E-state index in [0.29, 0.717) is 70.7 Å². The van der Waals surface area contributed by atoms with Crippen molar-refractivity contribution in [3.05, 3.63) is 0 Å². The molecule has 12 nitrogen and oxygen atoms in total. The van der Waals surface area contributed by atoms with E-state index in [-0.39, 0.29) is 43.4 Å². The summed E-state index contributed by atoms with van der Waals surface area (Å²) in [6.45, 7) is 21.7. The fraction of sp³-hybridized carbons (Fsp3) is 0.886. The van der Waals surface area contributed by atoms with Gasteiger partial charge in [0.25, 0.3) is 0 Å². The number of carbonyl (C=O) groups is 4. The summed E-state index contributed by atoms with van der Waals surface area (Å²) in [6.07, 6.45) is 4.85. The van der Waals surface area contributed by atoms with E-state index in [1.54, 1.807) is 0 Å². The Labute approximate surface area is 303 Å². The lowest BCUT2D eigenvalue weighted by Crippen LogP contribution is -2.50. The van der Waals surface area contributed by atoms with Gasteiger partial charge >= 0.3 is 17.9 Å². The Hall–Kier alpha value is -1.58. The molecule has 2 fully saturated rings. The zero-order valence-corrected chi connectivity index (χ0v) is 33.4. The van der Waals surface area contributed by atoms with E-state index < -0.39 is 16.8 Å². The highest BCUT2D eigenvalue weighted by Gasteiger charge is 2.26. The van der Waals surface area contributed by atoms with Crippen LogP contribution in [0, 0.1) is 0 Å². The van der Waals surface area contributed by atoms with Gasteiger partial charge < -0.3 is 19.5 Å². The smallest absolute Gasteiger partial charge is 0.320 e. The molecule has 0 spiro atoms. The van der Waals surface area contributed by atoms with E-state index in [1.807, 2.05) is 98.6 Å². The third-order valence-corrected chi connectivity index (χ3v) is 10.7. The van der Waals surface area contributed by atoms with Gasteiger partial charge in [-0.05, 0) is 81.6 Å². The summed E-state index contributed by atoms with van der Waals surface area (Å²) in [7, 11) is 3.92. The number of amides is 1. The van der Waals surface area contributed by atoms with Gasteiger partial charge in [0.2, 0.25) is 5.91 Å². The lowest BCUT2D eigenvalue weighted by molar-refractivity contribution is -0.158. The lowest BCUT2D eigenvalue weighted by atomic mass is 10.1. The van der Waals surface area contributed by atoms with Crippen LogP contribution in [-0.2, 0) is 33.4 Å². The second-order valence-electron chi connectivity index (χ2n) is 16.0. The molecule has 1 amide bonds. The number of nitrogens with one attached hydrogen (secondary N) is 1. The SMILES string of the molecule is CC(C)(C)OC(=O)CN1CCN(CNC(=O)CCCCC2CCSS2)CCN(CC(=O)OC(C)(C)C)CCN(CC(=O)OC(C)(C)C)CC1. The van der Waals surface area contributed by atoms with Crippen LogP contribution in [0.15, 0.2) is 0 Å². The van der Waals surface area contributed by atoms with Crippen LogP contribution in [0.4, 0.5) is 0 Å². The van der Waals surface area contributed by atoms with E-state index in [0.717, 1.165) is 19.3 Å². The normalized spacial score (nSPS) is 20.2. The highest BCUT2D eigenvalue weighted by molar-refractivity contribution is 8.77. The maximum atomic E-state index is 12.9. The number of hydrogen-bond donors (Lipinski definition) is 1. The second kappa shape index (κ2) is 21.1. The minimum Gasteiger partial charge on any atom is -0.459 e. The number of carbonyl (C=O) groups excluding carboxylic acids is 4. The first kappa shape index (κ1) is 43.6. The Morgan fingerprint density at radius 2 is 1.00 bits per heavy atom. The van der Waals surface area contributed by atoms with Crippen molar-refractivity contribution >= 4 is 45.4 Å². The molecule has 284 valence electrons. The maximum absolute atomic E-state index is 12.9. The van der Waals surface area contributed by atoms with Crippen molar-refractivity contribution in [2.75, 3.05) is 84.4 Å². The Balaban J connectivity index is 2.15. The molecule has 2 rings (SSSR count). The summed E-state index contributed by atoms with van der Waals surface area (Å²) in [4.78, 5) is 59.7. The van der Waals surface area contributed by atoms with E-state index in [2.05, 4.69) is 10.2 Å². The average Bonchev–Trinajstić information content (AvgIpc) is 3.45. The molecular weight excluding hydrogens is 667 g/mol. The van der Waals surface area contributed by atoms with Gasteiger partial charge in [-0.2, -0.15) is 0 Å². The quantitative estimate of drug-likeness (QED) is 0.127. The van der Waals surface area contributed by atoms with Crippen molar-refractivity contribution in [1.29, 1.82) is 0 Å². The average molecular weight is 732 g/mol. The highest BCUT2D eigenvalue weighted by atomic mass is 33.1. The van der Waals surface area contributed by atoms with Crippen LogP contribution in [-0.4, -0.2) is 150 Å². The van der Waals surface area contributed by atoms with E-state index >= 15 is 0 Å². The molecule has 2 heterocycles. The summed E-state index contributed by atoms with van der Waals surface area (Å²) in [5.41, 5.74) is -1.81. The molecule has 1 N–H and O–H groups in total. The Kier molecular flexibility index (Phi) is 18.7. The lowest BCUT2D eigenvalue weighted by Gasteiger charge is -2.34. The van der Waals surface area contributed by atoms with E-state index in [9.17, 15) is 19.2 Å². The molecule has 1 unspecified atom stereocenters. The monoisotopic (exact) mass is 731 g/mol. The van der Waals surface area contributed by atoms with Gasteiger partial charge in [0.1, 0.15) is 16.8 Å². The fourth-order valence-corrected chi connectivity index (χ4v) is 8.42. The first-order chi connectivity index (χ1) is 22.8. The number of hydrogen-bond acceptors (Lipinski definition) is 13. The zero-order valence-electron chi connectivity index (χ0n) is 31.8. The summed E-state index contributed by atoms with van der Waals surface area (Å²) in [5, 5.41) is 3.83. The Morgan fingerprint density at radius 1 is 0.612 bits per heavy atom. The van der Waals surface area contributed by atoms with Crippen LogP contribution in [0.3, 0.4) is 0 Å². The molecule has 2 saturated heterocycles. The minimum atomic E-state index is -0.609. The summed E-state index contributed by atoms with van der Waals surface area (Å²) < 4.78 is 16.9. The molecule has 1 atom stereocenters. The second-order valence-corrected chi connectivity index (χ2v) is 18.8. The molecule has 0 aromatic carbocycles. The first-order valence-electron chi connectivity index (χ1n) is 17.9. The molecule has 0 radical (unpaired) electrons. The van der Waals surface area contributed by atoms with Crippen LogP contribution in [0.5, 0.6) is 0 Å². The van der Waals surface area contributed by atoms with Crippen molar-refractivity contribution in [1.82, 2.24) is 24.9 Å². The van der Waals surface area contributed by atoms with Crippen molar-refractivity contribution in [2.45, 2.75) is 116 Å². The van der Waals surface area contributed by atoms with Gasteiger partial charge in [0, 0.05) is 69.8 Å². The van der Waals surface area contributed by atoms with Crippen molar-refractivity contribution in [2.24, 2.45) is 0 Å². The summed E-state index contributed by atoms with van der Waals surface area (Å²) in [5.74, 6) is 0.317. The molecule has 0 aromatic rings. The van der Waals surface area contributed by atoms with Crippen molar-refractivity contribution < 1.29 is 33.4 Å². The highest BCUT2D eigenvalue weighted by Crippen LogP contribution is 2.39. The number of ether oxygens (including phenoxy) is 3. The van der Waals surface area contributed by atoms with E-state index in [4.69, 9.17) is 14.2 Å². The predicted octanol–water partition coefficient (Wildman–Crippen LogP) is 4.02. The van der Waals surface area contributed by atoms with Crippen LogP contribution in [0.25, 0.3) is 0 Å². The molecule has 0 aromatic heterocycles. The summed E-state index contributed by atoms with van der Waals surface area (Å²) >= 11 is 0. The molecule has 2 aliphatic heterocycles. The zero-order chi connectivity index (χ0) is 36.7. The van der Waals surface area contributed by atoms with Crippen LogP contribution < -0.4 is 5.32 Å². The van der Waals surface area contributed by atoms with Gasteiger partial charge in [0.05, 0.1) is 26.3 Å². The third-order valence-electron chi connectivity index (χ3n) is 7.66. The first-order valence-corrected chi connectivity index (χ1v) is 20.2. The van der Waals surface area contributed by atoms with Crippen LogP contribution >= 0.6 is 21.6 Å². The van der Waals surface area contributed by atoms with Crippen LogP contribution in [0.2, 0.25) is 0 Å². The largest absolute Gasteiger partial charge is 0.459 e.